The minimum Gasteiger partial charge on any atom is -0.388 e. The van der Waals surface area contributed by atoms with Crippen molar-refractivity contribution in [2.75, 3.05) is 5.75 Å². The Labute approximate surface area is 112 Å². The van der Waals surface area contributed by atoms with Gasteiger partial charge in [-0.1, -0.05) is 0 Å². The number of thioether (sulfide) groups is 1. The lowest BCUT2D eigenvalue weighted by Gasteiger charge is -2.09. The zero-order valence-corrected chi connectivity index (χ0v) is 11.4. The van der Waals surface area contributed by atoms with Crippen LogP contribution in [0.25, 0.3) is 0 Å². The zero-order chi connectivity index (χ0) is 13.2. The molecule has 0 fully saturated rings. The highest BCUT2D eigenvalue weighted by Gasteiger charge is 2.27. The molecule has 6 heteroatoms. The summed E-state index contributed by atoms with van der Waals surface area (Å²) in [6.07, 6.45) is -4.49. The third-order valence-corrected chi connectivity index (χ3v) is 5.26. The van der Waals surface area contributed by atoms with Crippen LogP contribution in [-0.2, 0) is 12.2 Å². The molecule has 1 aromatic heterocycles. The summed E-state index contributed by atoms with van der Waals surface area (Å²) in [5.74, 6) is 2.05. The fourth-order valence-corrected chi connectivity index (χ4v) is 4.37. The molecule has 0 radical (unpaired) electrons. The number of halogens is 3. The maximum absolute atomic E-state index is 12.0. The van der Waals surface area contributed by atoms with Crippen molar-refractivity contribution in [1.82, 2.24) is 0 Å². The smallest absolute Gasteiger partial charge is 0.388 e. The summed E-state index contributed by atoms with van der Waals surface area (Å²) in [6, 6.07) is 1.96. The topological polar surface area (TPSA) is 20.2 Å². The quantitative estimate of drug-likeness (QED) is 0.893. The summed E-state index contributed by atoms with van der Waals surface area (Å²) in [4.78, 5) is 2.11. The van der Waals surface area contributed by atoms with Crippen LogP contribution in [-0.4, -0.2) is 17.0 Å². The van der Waals surface area contributed by atoms with Crippen molar-refractivity contribution >= 4 is 23.1 Å². The van der Waals surface area contributed by atoms with E-state index in [9.17, 15) is 18.3 Å². The fraction of sp³-hybridized carbons (Fsp3) is 0.667. The largest absolute Gasteiger partial charge is 0.389 e. The van der Waals surface area contributed by atoms with Gasteiger partial charge in [-0.25, -0.2) is 0 Å². The van der Waals surface area contributed by atoms with E-state index >= 15 is 0 Å². The van der Waals surface area contributed by atoms with E-state index in [2.05, 4.69) is 0 Å². The molecule has 1 unspecified atom stereocenters. The standard InChI is InChI=1S/C12H15F3OS2/c13-12(14,15)4-1-2-9(16)11-6-8-7-17-5-3-10(8)18-11/h6,9,16H,1-5,7H2. The number of fused-ring (bicyclic) bond motifs is 1. The van der Waals surface area contributed by atoms with E-state index in [-0.39, 0.29) is 12.8 Å². The molecule has 18 heavy (non-hydrogen) atoms. The van der Waals surface area contributed by atoms with Gasteiger partial charge in [0.2, 0.25) is 0 Å². The van der Waals surface area contributed by atoms with Crippen LogP contribution in [0.15, 0.2) is 6.07 Å². The lowest BCUT2D eigenvalue weighted by Crippen LogP contribution is -2.07. The van der Waals surface area contributed by atoms with Gasteiger partial charge in [0.05, 0.1) is 6.10 Å². The average Bonchev–Trinajstić information content (AvgIpc) is 2.70. The molecule has 1 N–H and O–H groups in total. The summed E-state index contributed by atoms with van der Waals surface area (Å²) in [5.41, 5.74) is 1.25. The molecule has 0 aromatic carbocycles. The first kappa shape index (κ1) is 14.2. The van der Waals surface area contributed by atoms with E-state index in [1.54, 1.807) is 11.3 Å². The SMILES string of the molecule is OC(CCCC(F)(F)F)c1cc2c(s1)CCSC2. The van der Waals surface area contributed by atoms with Gasteiger partial charge in [-0.2, -0.15) is 24.9 Å². The predicted octanol–water partition coefficient (Wildman–Crippen LogP) is 4.30. The highest BCUT2D eigenvalue weighted by molar-refractivity contribution is 7.98. The summed E-state index contributed by atoms with van der Waals surface area (Å²) >= 11 is 3.42. The Bertz CT molecular complexity index is 377. The molecule has 1 atom stereocenters. The molecule has 0 amide bonds. The van der Waals surface area contributed by atoms with Gasteiger partial charge in [0, 0.05) is 21.9 Å². The first-order chi connectivity index (χ1) is 8.46. The monoisotopic (exact) mass is 296 g/mol. The third kappa shape index (κ3) is 3.90. The van der Waals surface area contributed by atoms with Gasteiger partial charge in [0.15, 0.2) is 0 Å². The first-order valence-corrected chi connectivity index (χ1v) is 7.87. The Morgan fingerprint density at radius 2 is 2.17 bits per heavy atom. The zero-order valence-electron chi connectivity index (χ0n) is 9.79. The lowest BCUT2D eigenvalue weighted by molar-refractivity contribution is -0.136. The highest BCUT2D eigenvalue weighted by Crippen LogP contribution is 2.36. The molecule has 1 aliphatic rings. The maximum Gasteiger partial charge on any atom is 0.389 e. The Balaban J connectivity index is 1.89. The molecule has 0 saturated heterocycles. The number of thiophene rings is 1. The van der Waals surface area contributed by atoms with Crippen LogP contribution < -0.4 is 0 Å². The molecule has 1 aromatic rings. The minimum absolute atomic E-state index is 0.0119. The van der Waals surface area contributed by atoms with Crippen molar-refractivity contribution in [1.29, 1.82) is 0 Å². The second kappa shape index (κ2) is 5.84. The molecular weight excluding hydrogens is 281 g/mol. The Morgan fingerprint density at radius 1 is 1.39 bits per heavy atom. The number of rotatable bonds is 4. The molecule has 0 aliphatic carbocycles. The van der Waals surface area contributed by atoms with Crippen molar-refractivity contribution in [3.63, 3.8) is 0 Å². The maximum atomic E-state index is 12.0. The van der Waals surface area contributed by atoms with Crippen LogP contribution in [0.1, 0.15) is 40.7 Å². The van der Waals surface area contributed by atoms with E-state index < -0.39 is 18.7 Å². The summed E-state index contributed by atoms with van der Waals surface area (Å²) < 4.78 is 36.0. The average molecular weight is 296 g/mol. The minimum atomic E-state index is -4.12. The number of hydrogen-bond acceptors (Lipinski definition) is 3. The molecule has 1 aliphatic heterocycles. The molecule has 102 valence electrons. The van der Waals surface area contributed by atoms with Gasteiger partial charge < -0.3 is 5.11 Å². The molecule has 1 nitrogen and oxygen atoms in total. The first-order valence-electron chi connectivity index (χ1n) is 5.90. The summed E-state index contributed by atoms with van der Waals surface area (Å²) in [7, 11) is 0. The van der Waals surface area contributed by atoms with E-state index in [1.165, 1.54) is 10.4 Å². The molecule has 2 rings (SSSR count). The van der Waals surface area contributed by atoms with Gasteiger partial charge in [0.25, 0.3) is 0 Å². The second-order valence-corrected chi connectivity index (χ2v) is 6.70. The number of aliphatic hydroxyl groups excluding tert-OH is 1. The van der Waals surface area contributed by atoms with Gasteiger partial charge in [0.1, 0.15) is 0 Å². The fourth-order valence-electron chi connectivity index (χ4n) is 1.97. The van der Waals surface area contributed by atoms with Gasteiger partial charge in [-0.3, -0.25) is 0 Å². The Morgan fingerprint density at radius 3 is 2.83 bits per heavy atom. The number of alkyl halides is 3. The van der Waals surface area contributed by atoms with Crippen molar-refractivity contribution in [3.05, 3.63) is 21.4 Å². The highest BCUT2D eigenvalue weighted by atomic mass is 32.2. The van der Waals surface area contributed by atoms with Gasteiger partial charge in [-0.15, -0.1) is 11.3 Å². The normalized spacial score (nSPS) is 17.6. The molecule has 0 saturated carbocycles. The predicted molar refractivity (Wildman–Crippen MR) is 69.1 cm³/mol. The Kier molecular flexibility index (Phi) is 4.61. The van der Waals surface area contributed by atoms with Gasteiger partial charge >= 0.3 is 6.18 Å². The summed E-state index contributed by atoms with van der Waals surface area (Å²) in [5, 5.41) is 9.90. The number of hydrogen-bond donors (Lipinski definition) is 1. The van der Waals surface area contributed by atoms with Crippen LogP contribution in [0.2, 0.25) is 0 Å². The van der Waals surface area contributed by atoms with E-state index in [0.717, 1.165) is 22.8 Å². The van der Waals surface area contributed by atoms with Crippen LogP contribution in [0.5, 0.6) is 0 Å². The van der Waals surface area contributed by atoms with Crippen molar-refractivity contribution in [2.24, 2.45) is 0 Å². The molecule has 2 heterocycles. The van der Waals surface area contributed by atoms with Crippen molar-refractivity contribution in [3.8, 4) is 0 Å². The van der Waals surface area contributed by atoms with Crippen molar-refractivity contribution < 1.29 is 18.3 Å². The van der Waals surface area contributed by atoms with Crippen molar-refractivity contribution in [2.45, 2.75) is 43.7 Å². The van der Waals surface area contributed by atoms with Crippen LogP contribution in [0.4, 0.5) is 13.2 Å². The summed E-state index contributed by atoms with van der Waals surface area (Å²) in [6.45, 7) is 0. The van der Waals surface area contributed by atoms with Crippen LogP contribution in [0.3, 0.4) is 0 Å². The number of aliphatic hydroxyl groups is 1. The molecule has 0 bridgehead atoms. The number of aryl methyl sites for hydroxylation is 1. The molecule has 0 spiro atoms. The van der Waals surface area contributed by atoms with Gasteiger partial charge in [-0.05, 0) is 36.6 Å². The van der Waals surface area contributed by atoms with E-state index in [4.69, 9.17) is 0 Å². The van der Waals surface area contributed by atoms with E-state index in [1.807, 2.05) is 17.8 Å². The third-order valence-electron chi connectivity index (χ3n) is 2.91. The van der Waals surface area contributed by atoms with E-state index in [0.29, 0.717) is 0 Å². The second-order valence-electron chi connectivity index (χ2n) is 4.42. The van der Waals surface area contributed by atoms with Crippen LogP contribution in [0, 0.1) is 0 Å². The lowest BCUT2D eigenvalue weighted by atomic mass is 10.1. The van der Waals surface area contributed by atoms with Crippen LogP contribution >= 0.6 is 23.1 Å². The molecular formula is C12H15F3OS2. The Hall–Kier alpha value is -0.200.